The molecule has 5 heteroatoms. The number of hydrogen-bond donors (Lipinski definition) is 1. The second-order valence-electron chi connectivity index (χ2n) is 5.55. The first kappa shape index (κ1) is 15.8. The molecular formula is C16H25N3O2. The molecule has 21 heavy (non-hydrogen) atoms. The van der Waals surface area contributed by atoms with Crippen molar-refractivity contribution in [3.8, 4) is 0 Å². The van der Waals surface area contributed by atoms with Crippen molar-refractivity contribution in [2.75, 3.05) is 51.8 Å². The van der Waals surface area contributed by atoms with Crippen LogP contribution in [0.1, 0.15) is 18.5 Å². The number of morpholine rings is 1. The number of anilines is 1. The summed E-state index contributed by atoms with van der Waals surface area (Å²) in [7, 11) is 4.06. The van der Waals surface area contributed by atoms with Crippen molar-refractivity contribution >= 4 is 11.6 Å². The molecule has 0 spiro atoms. The number of nitrogens with zero attached hydrogens (tertiary/aromatic N) is 2. The Kier molecular flexibility index (Phi) is 5.59. The summed E-state index contributed by atoms with van der Waals surface area (Å²) >= 11 is 0. The number of hydrogen-bond acceptors (Lipinski definition) is 4. The van der Waals surface area contributed by atoms with Gasteiger partial charge in [-0.25, -0.2) is 0 Å². The Bertz CT molecular complexity index is 470. The molecule has 116 valence electrons. The Morgan fingerprint density at radius 3 is 2.67 bits per heavy atom. The van der Waals surface area contributed by atoms with Crippen LogP contribution in [0.3, 0.4) is 0 Å². The SMILES string of the molecule is C[C@@H](NCC(=O)N1CCOCC1)c1ccccc1N(C)C. The second kappa shape index (κ2) is 7.43. The largest absolute Gasteiger partial charge is 0.378 e. The first-order valence-electron chi connectivity index (χ1n) is 7.44. The number of carbonyl (C=O) groups excluding carboxylic acids is 1. The molecule has 1 N–H and O–H groups in total. The van der Waals surface area contributed by atoms with Gasteiger partial charge in [0.05, 0.1) is 19.8 Å². The van der Waals surface area contributed by atoms with E-state index in [9.17, 15) is 4.79 Å². The zero-order valence-electron chi connectivity index (χ0n) is 13.1. The highest BCUT2D eigenvalue weighted by Crippen LogP contribution is 2.24. The van der Waals surface area contributed by atoms with E-state index in [2.05, 4.69) is 29.3 Å². The maximum absolute atomic E-state index is 12.2. The van der Waals surface area contributed by atoms with Gasteiger partial charge in [0.25, 0.3) is 0 Å². The van der Waals surface area contributed by atoms with Gasteiger partial charge in [-0.3, -0.25) is 4.79 Å². The molecule has 0 saturated carbocycles. The number of carbonyl (C=O) groups is 1. The van der Waals surface area contributed by atoms with Gasteiger partial charge < -0.3 is 19.9 Å². The van der Waals surface area contributed by atoms with E-state index in [1.807, 2.05) is 31.1 Å². The van der Waals surface area contributed by atoms with Gasteiger partial charge in [-0.05, 0) is 18.6 Å². The van der Waals surface area contributed by atoms with Crippen LogP contribution in [0.4, 0.5) is 5.69 Å². The van der Waals surface area contributed by atoms with Gasteiger partial charge in [0.2, 0.25) is 5.91 Å². The average molecular weight is 291 g/mol. The van der Waals surface area contributed by atoms with Gasteiger partial charge in [-0.15, -0.1) is 0 Å². The first-order chi connectivity index (χ1) is 10.1. The summed E-state index contributed by atoms with van der Waals surface area (Å²) in [6, 6.07) is 8.40. The van der Waals surface area contributed by atoms with Crippen LogP contribution in [0, 0.1) is 0 Å². The summed E-state index contributed by atoms with van der Waals surface area (Å²) in [6.45, 7) is 5.14. The first-order valence-corrected chi connectivity index (χ1v) is 7.44. The maximum Gasteiger partial charge on any atom is 0.236 e. The van der Waals surface area contributed by atoms with E-state index >= 15 is 0 Å². The van der Waals surface area contributed by atoms with E-state index in [0.717, 1.165) is 0 Å². The van der Waals surface area contributed by atoms with Gasteiger partial charge in [0, 0.05) is 38.9 Å². The Morgan fingerprint density at radius 1 is 1.33 bits per heavy atom. The Balaban J connectivity index is 1.92. The predicted molar refractivity (Wildman–Crippen MR) is 84.6 cm³/mol. The van der Waals surface area contributed by atoms with Gasteiger partial charge >= 0.3 is 0 Å². The monoisotopic (exact) mass is 291 g/mol. The number of ether oxygens (including phenoxy) is 1. The lowest BCUT2D eigenvalue weighted by atomic mass is 10.1. The molecule has 1 heterocycles. The van der Waals surface area contributed by atoms with Crippen molar-refractivity contribution in [1.82, 2.24) is 10.2 Å². The van der Waals surface area contributed by atoms with E-state index in [0.29, 0.717) is 32.8 Å². The minimum absolute atomic E-state index is 0.133. The molecule has 1 aliphatic heterocycles. The fourth-order valence-electron chi connectivity index (χ4n) is 2.54. The van der Waals surface area contributed by atoms with Crippen molar-refractivity contribution in [1.29, 1.82) is 0 Å². The molecule has 1 aromatic carbocycles. The standard InChI is InChI=1S/C16H25N3O2/c1-13(14-6-4-5-7-15(14)18(2)3)17-12-16(20)19-8-10-21-11-9-19/h4-7,13,17H,8-12H2,1-3H3/t13-/m1/s1. The van der Waals surface area contributed by atoms with Gasteiger partial charge in [0.15, 0.2) is 0 Å². The second-order valence-corrected chi connectivity index (χ2v) is 5.55. The van der Waals surface area contributed by atoms with E-state index in [4.69, 9.17) is 4.74 Å². The van der Waals surface area contributed by atoms with Gasteiger partial charge in [-0.2, -0.15) is 0 Å². The van der Waals surface area contributed by atoms with Crippen LogP contribution in [0.2, 0.25) is 0 Å². The van der Waals surface area contributed by atoms with Crippen LogP contribution >= 0.6 is 0 Å². The molecule has 1 saturated heterocycles. The molecule has 0 aliphatic carbocycles. The lowest BCUT2D eigenvalue weighted by Crippen LogP contribution is -2.45. The molecule has 2 rings (SSSR count). The molecule has 1 fully saturated rings. The Labute approximate surface area is 126 Å². The minimum Gasteiger partial charge on any atom is -0.378 e. The third-order valence-corrected chi connectivity index (χ3v) is 3.81. The summed E-state index contributed by atoms with van der Waals surface area (Å²) in [4.78, 5) is 16.1. The molecule has 1 amide bonds. The van der Waals surface area contributed by atoms with E-state index < -0.39 is 0 Å². The highest BCUT2D eigenvalue weighted by Gasteiger charge is 2.18. The highest BCUT2D eigenvalue weighted by atomic mass is 16.5. The molecule has 1 atom stereocenters. The molecule has 0 unspecified atom stereocenters. The fraction of sp³-hybridized carbons (Fsp3) is 0.562. The molecule has 0 radical (unpaired) electrons. The van der Waals surface area contributed by atoms with Crippen LogP contribution in [-0.4, -0.2) is 57.8 Å². The average Bonchev–Trinajstić information content (AvgIpc) is 2.53. The Hall–Kier alpha value is -1.59. The van der Waals surface area contributed by atoms with E-state index in [1.54, 1.807) is 0 Å². The summed E-state index contributed by atoms with van der Waals surface area (Å²) in [5, 5.41) is 3.33. The molecule has 0 bridgehead atoms. The lowest BCUT2D eigenvalue weighted by molar-refractivity contribution is -0.134. The Morgan fingerprint density at radius 2 is 2.00 bits per heavy atom. The van der Waals surface area contributed by atoms with E-state index in [-0.39, 0.29) is 11.9 Å². The van der Waals surface area contributed by atoms with Crippen LogP contribution in [0.5, 0.6) is 0 Å². The topological polar surface area (TPSA) is 44.8 Å². The fourth-order valence-corrected chi connectivity index (χ4v) is 2.54. The van der Waals surface area contributed by atoms with Gasteiger partial charge in [0.1, 0.15) is 0 Å². The van der Waals surface area contributed by atoms with E-state index in [1.165, 1.54) is 11.3 Å². The summed E-state index contributed by atoms with van der Waals surface area (Å²) in [6.07, 6.45) is 0. The van der Waals surface area contributed by atoms with Crippen molar-refractivity contribution in [2.24, 2.45) is 0 Å². The lowest BCUT2D eigenvalue weighted by Gasteiger charge is -2.28. The number of nitrogens with one attached hydrogen (secondary N) is 1. The third kappa shape index (κ3) is 4.19. The van der Waals surface area contributed by atoms with Gasteiger partial charge in [-0.1, -0.05) is 18.2 Å². The van der Waals surface area contributed by atoms with Crippen LogP contribution in [-0.2, 0) is 9.53 Å². The maximum atomic E-state index is 12.2. The summed E-state index contributed by atoms with van der Waals surface area (Å²) < 4.78 is 5.27. The number of para-hydroxylation sites is 1. The number of rotatable bonds is 5. The zero-order chi connectivity index (χ0) is 15.2. The predicted octanol–water partition coefficient (Wildman–Crippen LogP) is 1.26. The molecule has 0 aromatic heterocycles. The normalized spacial score (nSPS) is 16.6. The third-order valence-electron chi connectivity index (χ3n) is 3.81. The van der Waals surface area contributed by atoms with Crippen LogP contribution < -0.4 is 10.2 Å². The van der Waals surface area contributed by atoms with Crippen LogP contribution in [0.25, 0.3) is 0 Å². The van der Waals surface area contributed by atoms with Crippen molar-refractivity contribution in [3.63, 3.8) is 0 Å². The van der Waals surface area contributed by atoms with Crippen LogP contribution in [0.15, 0.2) is 24.3 Å². The molecule has 5 nitrogen and oxygen atoms in total. The molecule has 1 aliphatic rings. The number of amides is 1. The zero-order valence-corrected chi connectivity index (χ0v) is 13.1. The summed E-state index contributed by atoms with van der Waals surface area (Å²) in [5.41, 5.74) is 2.38. The molecular weight excluding hydrogens is 266 g/mol. The number of benzene rings is 1. The van der Waals surface area contributed by atoms with Crippen molar-refractivity contribution in [2.45, 2.75) is 13.0 Å². The minimum atomic E-state index is 0.133. The van der Waals surface area contributed by atoms with Crippen molar-refractivity contribution < 1.29 is 9.53 Å². The van der Waals surface area contributed by atoms with Crippen molar-refractivity contribution in [3.05, 3.63) is 29.8 Å². The smallest absolute Gasteiger partial charge is 0.236 e. The quantitative estimate of drug-likeness (QED) is 0.887. The molecule has 1 aromatic rings. The summed E-state index contributed by atoms with van der Waals surface area (Å²) in [5.74, 6) is 0.146. The highest BCUT2D eigenvalue weighted by molar-refractivity contribution is 5.78.